The zero-order valence-corrected chi connectivity index (χ0v) is 13.6. The van der Waals surface area contributed by atoms with Gasteiger partial charge in [0.05, 0.1) is 23.0 Å². The standard InChI is InChI=1S/C16H14N4O3S/c1-12-5-4-6-14(9-12)24(22,23)20-11-13(10-18-20)19-16(21)15-7-2-3-8-17-15/h2-11H,1H3,(H,19,21). The van der Waals surface area contributed by atoms with E-state index in [0.717, 1.165) is 9.65 Å². The first kappa shape index (κ1) is 15.9. The first-order valence-electron chi connectivity index (χ1n) is 7.06. The number of hydrogen-bond acceptors (Lipinski definition) is 5. The highest BCUT2D eigenvalue weighted by Crippen LogP contribution is 2.17. The monoisotopic (exact) mass is 342 g/mol. The maximum absolute atomic E-state index is 12.5. The van der Waals surface area contributed by atoms with E-state index in [1.165, 1.54) is 24.7 Å². The summed E-state index contributed by atoms with van der Waals surface area (Å²) in [5, 5.41) is 6.40. The van der Waals surface area contributed by atoms with Gasteiger partial charge in [0.15, 0.2) is 0 Å². The summed E-state index contributed by atoms with van der Waals surface area (Å²) in [4.78, 5) is 16.1. The van der Waals surface area contributed by atoms with Crippen molar-refractivity contribution in [2.24, 2.45) is 0 Å². The Hall–Kier alpha value is -3.00. The average Bonchev–Trinajstić information content (AvgIpc) is 3.05. The molecule has 0 saturated heterocycles. The van der Waals surface area contributed by atoms with Crippen molar-refractivity contribution in [3.63, 3.8) is 0 Å². The van der Waals surface area contributed by atoms with Crippen molar-refractivity contribution < 1.29 is 13.2 Å². The first-order chi connectivity index (χ1) is 11.5. The first-order valence-corrected chi connectivity index (χ1v) is 8.50. The number of pyridine rings is 1. The van der Waals surface area contributed by atoms with Gasteiger partial charge in [0.25, 0.3) is 15.9 Å². The number of rotatable bonds is 4. The summed E-state index contributed by atoms with van der Waals surface area (Å²) in [6.45, 7) is 1.81. The topological polar surface area (TPSA) is 94.0 Å². The van der Waals surface area contributed by atoms with E-state index in [-0.39, 0.29) is 16.3 Å². The molecular formula is C16H14N4O3S. The number of anilines is 1. The minimum absolute atomic E-state index is 0.133. The molecule has 0 fully saturated rings. The molecule has 0 bridgehead atoms. The van der Waals surface area contributed by atoms with Crippen LogP contribution in [0.15, 0.2) is 66.0 Å². The van der Waals surface area contributed by atoms with Crippen LogP contribution in [0, 0.1) is 6.92 Å². The molecule has 24 heavy (non-hydrogen) atoms. The van der Waals surface area contributed by atoms with Crippen LogP contribution in [0.4, 0.5) is 5.69 Å². The number of hydrogen-bond donors (Lipinski definition) is 1. The Kier molecular flexibility index (Phi) is 4.13. The van der Waals surface area contributed by atoms with Crippen molar-refractivity contribution in [3.05, 3.63) is 72.3 Å². The molecule has 0 spiro atoms. The van der Waals surface area contributed by atoms with E-state index in [1.807, 2.05) is 0 Å². The second kappa shape index (κ2) is 6.25. The molecule has 2 aromatic heterocycles. The molecule has 3 rings (SSSR count). The fourth-order valence-electron chi connectivity index (χ4n) is 2.08. The molecule has 1 N–H and O–H groups in total. The van der Waals surface area contributed by atoms with Gasteiger partial charge in [-0.1, -0.05) is 18.2 Å². The molecule has 2 heterocycles. The van der Waals surface area contributed by atoms with Crippen molar-refractivity contribution in [1.82, 2.24) is 14.2 Å². The summed E-state index contributed by atoms with van der Waals surface area (Å²) < 4.78 is 25.9. The van der Waals surface area contributed by atoms with Gasteiger partial charge >= 0.3 is 0 Å². The molecule has 1 amide bonds. The van der Waals surface area contributed by atoms with Gasteiger partial charge in [-0.25, -0.2) is 0 Å². The van der Waals surface area contributed by atoms with Gasteiger partial charge < -0.3 is 5.32 Å². The molecule has 3 aromatic rings. The van der Waals surface area contributed by atoms with Crippen LogP contribution in [0.5, 0.6) is 0 Å². The molecule has 7 nitrogen and oxygen atoms in total. The van der Waals surface area contributed by atoms with Crippen LogP contribution >= 0.6 is 0 Å². The third-order valence-electron chi connectivity index (χ3n) is 3.25. The lowest BCUT2D eigenvalue weighted by Crippen LogP contribution is -2.14. The van der Waals surface area contributed by atoms with Gasteiger partial charge in [0, 0.05) is 6.20 Å². The normalized spacial score (nSPS) is 11.2. The minimum atomic E-state index is -3.80. The SMILES string of the molecule is Cc1cccc(S(=O)(=O)n2cc(NC(=O)c3ccccn3)cn2)c1. The summed E-state index contributed by atoms with van der Waals surface area (Å²) in [7, 11) is -3.80. The van der Waals surface area contributed by atoms with E-state index in [2.05, 4.69) is 15.4 Å². The summed E-state index contributed by atoms with van der Waals surface area (Å²) in [5.41, 5.74) is 1.32. The number of nitrogens with zero attached hydrogens (tertiary/aromatic N) is 3. The Morgan fingerprint density at radius 1 is 1.17 bits per heavy atom. The van der Waals surface area contributed by atoms with Gasteiger partial charge in [-0.15, -0.1) is 0 Å². The number of carbonyl (C=O) groups excluding carboxylic acids is 1. The lowest BCUT2D eigenvalue weighted by atomic mass is 10.2. The number of amides is 1. The Morgan fingerprint density at radius 3 is 2.71 bits per heavy atom. The van der Waals surface area contributed by atoms with E-state index in [1.54, 1.807) is 43.3 Å². The Bertz CT molecular complexity index is 981. The molecular weight excluding hydrogens is 328 g/mol. The van der Waals surface area contributed by atoms with E-state index in [4.69, 9.17) is 0 Å². The Balaban J connectivity index is 1.84. The van der Waals surface area contributed by atoms with Crippen molar-refractivity contribution in [2.75, 3.05) is 5.32 Å². The van der Waals surface area contributed by atoms with E-state index in [9.17, 15) is 13.2 Å². The van der Waals surface area contributed by atoms with Crippen LogP contribution in [0.3, 0.4) is 0 Å². The summed E-state index contributed by atoms with van der Waals surface area (Å²) in [5.74, 6) is -0.442. The highest BCUT2D eigenvalue weighted by atomic mass is 32.2. The molecule has 0 atom stereocenters. The van der Waals surface area contributed by atoms with Gasteiger partial charge in [0.2, 0.25) is 0 Å². The van der Waals surface area contributed by atoms with Crippen molar-refractivity contribution in [3.8, 4) is 0 Å². The van der Waals surface area contributed by atoms with Gasteiger partial charge in [-0.2, -0.15) is 17.6 Å². The maximum atomic E-state index is 12.5. The molecule has 1 aromatic carbocycles. The smallest absolute Gasteiger partial charge is 0.283 e. The van der Waals surface area contributed by atoms with E-state index in [0.29, 0.717) is 0 Å². The zero-order valence-electron chi connectivity index (χ0n) is 12.7. The van der Waals surface area contributed by atoms with Gasteiger partial charge in [-0.05, 0) is 36.8 Å². The molecule has 8 heteroatoms. The van der Waals surface area contributed by atoms with Crippen LogP contribution in [0.1, 0.15) is 16.1 Å². The van der Waals surface area contributed by atoms with Crippen molar-refractivity contribution in [1.29, 1.82) is 0 Å². The Labute approximate surface area is 139 Å². The molecule has 122 valence electrons. The quantitative estimate of drug-likeness (QED) is 0.783. The average molecular weight is 342 g/mol. The van der Waals surface area contributed by atoms with Crippen LogP contribution in [0.25, 0.3) is 0 Å². The highest BCUT2D eigenvalue weighted by molar-refractivity contribution is 7.89. The summed E-state index contributed by atoms with van der Waals surface area (Å²) in [6, 6.07) is 11.5. The second-order valence-corrected chi connectivity index (χ2v) is 6.89. The second-order valence-electron chi connectivity index (χ2n) is 5.09. The van der Waals surface area contributed by atoms with Crippen LogP contribution in [-0.4, -0.2) is 28.5 Å². The highest BCUT2D eigenvalue weighted by Gasteiger charge is 2.19. The maximum Gasteiger partial charge on any atom is 0.283 e. The van der Waals surface area contributed by atoms with E-state index >= 15 is 0 Å². The largest absolute Gasteiger partial charge is 0.318 e. The number of aryl methyl sites for hydroxylation is 1. The Morgan fingerprint density at radius 2 is 2.00 bits per heavy atom. The van der Waals surface area contributed by atoms with Crippen LogP contribution in [-0.2, 0) is 10.0 Å². The molecule has 0 aliphatic rings. The van der Waals surface area contributed by atoms with Crippen molar-refractivity contribution >= 4 is 21.6 Å². The molecule has 0 radical (unpaired) electrons. The summed E-state index contributed by atoms with van der Waals surface area (Å²) >= 11 is 0. The predicted octanol–water partition coefficient (Wildman–Crippen LogP) is 2.08. The number of nitrogens with one attached hydrogen (secondary N) is 1. The lowest BCUT2D eigenvalue weighted by molar-refractivity contribution is 0.102. The van der Waals surface area contributed by atoms with Crippen LogP contribution in [0.2, 0.25) is 0 Å². The molecule has 0 aliphatic carbocycles. The molecule has 0 saturated carbocycles. The summed E-state index contributed by atoms with van der Waals surface area (Å²) in [6.07, 6.45) is 4.02. The number of aromatic nitrogens is 3. The van der Waals surface area contributed by atoms with Crippen LogP contribution < -0.4 is 5.32 Å². The zero-order chi connectivity index (χ0) is 17.2. The molecule has 0 aliphatic heterocycles. The van der Waals surface area contributed by atoms with E-state index < -0.39 is 15.9 Å². The third kappa shape index (κ3) is 3.18. The number of carbonyl (C=O) groups is 1. The van der Waals surface area contributed by atoms with Gasteiger partial charge in [-0.3, -0.25) is 9.78 Å². The van der Waals surface area contributed by atoms with Crippen molar-refractivity contribution in [2.45, 2.75) is 11.8 Å². The molecule has 0 unspecified atom stereocenters. The fourth-order valence-corrected chi connectivity index (χ4v) is 3.30. The van der Waals surface area contributed by atoms with Gasteiger partial charge in [0.1, 0.15) is 5.69 Å². The fraction of sp³-hybridized carbons (Fsp3) is 0.0625. The lowest BCUT2D eigenvalue weighted by Gasteiger charge is -2.05. The predicted molar refractivity (Wildman–Crippen MR) is 88.2 cm³/mol. The number of benzene rings is 1. The minimum Gasteiger partial charge on any atom is -0.318 e. The third-order valence-corrected chi connectivity index (χ3v) is 4.79.